The van der Waals surface area contributed by atoms with Gasteiger partial charge in [-0.1, -0.05) is 59.6 Å². The molecule has 4 rings (SSSR count). The third kappa shape index (κ3) is 4.45. The number of anilines is 2. The molecule has 3 nitrogen and oxygen atoms in total. The van der Waals surface area contributed by atoms with E-state index in [1.54, 1.807) is 17.0 Å². The van der Waals surface area contributed by atoms with E-state index in [1.165, 1.54) is 0 Å². The molecule has 0 saturated heterocycles. The van der Waals surface area contributed by atoms with Crippen molar-refractivity contribution >= 4 is 52.3 Å². The maximum Gasteiger partial charge on any atom is 0.262 e. The number of hydrogen-bond donors (Lipinski definition) is 0. The van der Waals surface area contributed by atoms with Crippen LogP contribution in [0.15, 0.2) is 84.4 Å². The van der Waals surface area contributed by atoms with Gasteiger partial charge in [0.1, 0.15) is 0 Å². The number of amides is 1. The molecule has 0 saturated carbocycles. The van der Waals surface area contributed by atoms with Gasteiger partial charge >= 0.3 is 0 Å². The van der Waals surface area contributed by atoms with Crippen LogP contribution in [0.3, 0.4) is 0 Å². The summed E-state index contributed by atoms with van der Waals surface area (Å²) < 4.78 is 0. The van der Waals surface area contributed by atoms with Crippen LogP contribution in [-0.2, 0) is 4.79 Å². The van der Waals surface area contributed by atoms with E-state index in [4.69, 9.17) is 23.2 Å². The summed E-state index contributed by atoms with van der Waals surface area (Å²) in [6, 6.07) is 23.3. The fourth-order valence-corrected chi connectivity index (χ4v) is 4.34. The number of rotatable bonds is 6. The Morgan fingerprint density at radius 2 is 1.59 bits per heavy atom. The summed E-state index contributed by atoms with van der Waals surface area (Å²) in [4.78, 5) is 17.6. The Morgan fingerprint density at radius 1 is 0.906 bits per heavy atom. The second-order valence-corrected chi connectivity index (χ2v) is 8.33. The van der Waals surface area contributed by atoms with Crippen molar-refractivity contribution in [1.29, 1.82) is 0 Å². The number of hydrogen-bond acceptors (Lipinski definition) is 2. The van der Waals surface area contributed by atoms with Gasteiger partial charge in [0.05, 0.1) is 5.70 Å². The molecule has 0 unspecified atom stereocenters. The molecule has 0 aromatic heterocycles. The van der Waals surface area contributed by atoms with Crippen LogP contribution in [0.2, 0.25) is 10.0 Å². The lowest BCUT2D eigenvalue weighted by Gasteiger charge is -2.24. The molecular weight excluding hydrogens is 439 g/mol. The lowest BCUT2D eigenvalue weighted by molar-refractivity contribution is -0.113. The van der Waals surface area contributed by atoms with E-state index in [0.29, 0.717) is 15.6 Å². The summed E-state index contributed by atoms with van der Waals surface area (Å²) in [5.41, 5.74) is 5.09. The molecule has 3 aromatic carbocycles. The normalized spacial score (nSPS) is 14.8. The third-order valence-electron chi connectivity index (χ3n) is 5.56. The first-order valence-corrected chi connectivity index (χ1v) is 11.4. The zero-order valence-corrected chi connectivity index (χ0v) is 19.6. The highest BCUT2D eigenvalue weighted by Crippen LogP contribution is 2.36. The highest BCUT2D eigenvalue weighted by atomic mass is 35.5. The SMILES string of the molecule is CCN(CC)c1ccc(N2C(=O)/C(=C/c3ccc(Cl)cc3Cl)C=C2c2ccccc2)cc1. The molecule has 0 aliphatic carbocycles. The van der Waals surface area contributed by atoms with E-state index in [9.17, 15) is 4.79 Å². The number of nitrogens with zero attached hydrogens (tertiary/aromatic N) is 2. The van der Waals surface area contributed by atoms with Crippen molar-refractivity contribution in [2.24, 2.45) is 0 Å². The minimum Gasteiger partial charge on any atom is -0.372 e. The molecule has 3 aromatic rings. The fourth-order valence-electron chi connectivity index (χ4n) is 3.88. The van der Waals surface area contributed by atoms with Crippen LogP contribution in [0.5, 0.6) is 0 Å². The van der Waals surface area contributed by atoms with Crippen LogP contribution in [0.1, 0.15) is 25.0 Å². The Bertz CT molecular complexity index is 1180. The first kappa shape index (κ1) is 22.2. The van der Waals surface area contributed by atoms with Gasteiger partial charge in [-0.2, -0.15) is 0 Å². The molecular formula is C27H24Cl2N2O. The molecule has 1 heterocycles. The first-order chi connectivity index (χ1) is 15.5. The van der Waals surface area contributed by atoms with Gasteiger partial charge in [0, 0.05) is 40.1 Å². The molecule has 1 aliphatic heterocycles. The van der Waals surface area contributed by atoms with Crippen LogP contribution in [0, 0.1) is 0 Å². The van der Waals surface area contributed by atoms with E-state index in [2.05, 4.69) is 30.9 Å². The maximum absolute atomic E-state index is 13.5. The minimum absolute atomic E-state index is 0.0922. The third-order valence-corrected chi connectivity index (χ3v) is 6.13. The molecule has 0 radical (unpaired) electrons. The van der Waals surface area contributed by atoms with Gasteiger partial charge < -0.3 is 4.90 Å². The molecule has 162 valence electrons. The summed E-state index contributed by atoms with van der Waals surface area (Å²) in [6.45, 7) is 6.14. The fraction of sp³-hybridized carbons (Fsp3) is 0.148. The van der Waals surface area contributed by atoms with Crippen LogP contribution >= 0.6 is 23.2 Å². The van der Waals surface area contributed by atoms with Gasteiger partial charge in [-0.25, -0.2) is 0 Å². The smallest absolute Gasteiger partial charge is 0.262 e. The molecule has 0 fully saturated rings. The molecule has 1 amide bonds. The van der Waals surface area contributed by atoms with Crippen molar-refractivity contribution in [2.75, 3.05) is 22.9 Å². The van der Waals surface area contributed by atoms with Crippen LogP contribution in [0.4, 0.5) is 11.4 Å². The molecule has 0 bridgehead atoms. The monoisotopic (exact) mass is 462 g/mol. The molecule has 1 aliphatic rings. The molecule has 32 heavy (non-hydrogen) atoms. The summed E-state index contributed by atoms with van der Waals surface area (Å²) >= 11 is 12.4. The Hall–Kier alpha value is -3.01. The summed E-state index contributed by atoms with van der Waals surface area (Å²) in [7, 11) is 0. The molecule has 5 heteroatoms. The van der Waals surface area contributed by atoms with Gasteiger partial charge in [-0.15, -0.1) is 0 Å². The molecule has 0 atom stereocenters. The van der Waals surface area contributed by atoms with Crippen LogP contribution in [0.25, 0.3) is 11.8 Å². The summed E-state index contributed by atoms with van der Waals surface area (Å²) in [5, 5.41) is 1.07. The van der Waals surface area contributed by atoms with Crippen molar-refractivity contribution in [3.05, 3.63) is 106 Å². The number of halogens is 2. The Balaban J connectivity index is 1.77. The minimum atomic E-state index is -0.0922. The number of carbonyl (C=O) groups excluding carboxylic acids is 1. The highest BCUT2D eigenvalue weighted by molar-refractivity contribution is 6.35. The van der Waals surface area contributed by atoms with Crippen molar-refractivity contribution < 1.29 is 4.79 Å². The van der Waals surface area contributed by atoms with Crippen LogP contribution < -0.4 is 9.80 Å². The second-order valence-electron chi connectivity index (χ2n) is 7.49. The lowest BCUT2D eigenvalue weighted by atomic mass is 10.1. The topological polar surface area (TPSA) is 23.6 Å². The van der Waals surface area contributed by atoms with E-state index < -0.39 is 0 Å². The average molecular weight is 463 g/mol. The average Bonchev–Trinajstić information content (AvgIpc) is 3.13. The standard InChI is InChI=1S/C27H24Cl2N2O/c1-3-30(4-2)23-12-14-24(15-13-23)31-26(19-8-6-5-7-9-19)17-21(27(31)32)16-20-10-11-22(28)18-25(20)29/h5-18H,3-4H2,1-2H3/b21-16+. The van der Waals surface area contributed by atoms with Crippen molar-refractivity contribution in [3.8, 4) is 0 Å². The first-order valence-electron chi connectivity index (χ1n) is 10.6. The van der Waals surface area contributed by atoms with E-state index in [1.807, 2.05) is 60.7 Å². The van der Waals surface area contributed by atoms with E-state index in [-0.39, 0.29) is 5.91 Å². The molecule has 0 spiro atoms. The molecule has 0 N–H and O–H groups in total. The second kappa shape index (κ2) is 9.64. The predicted molar refractivity (Wildman–Crippen MR) is 136 cm³/mol. The summed E-state index contributed by atoms with van der Waals surface area (Å²) in [5.74, 6) is -0.0922. The number of benzene rings is 3. The Morgan fingerprint density at radius 3 is 2.22 bits per heavy atom. The van der Waals surface area contributed by atoms with Crippen molar-refractivity contribution in [2.45, 2.75) is 13.8 Å². The maximum atomic E-state index is 13.5. The van der Waals surface area contributed by atoms with Gasteiger partial charge in [0.25, 0.3) is 5.91 Å². The van der Waals surface area contributed by atoms with Crippen molar-refractivity contribution in [3.63, 3.8) is 0 Å². The Kier molecular flexibility index (Phi) is 6.69. The van der Waals surface area contributed by atoms with E-state index in [0.717, 1.165) is 41.3 Å². The largest absolute Gasteiger partial charge is 0.372 e. The Labute approximate surface area is 199 Å². The lowest BCUT2D eigenvalue weighted by Crippen LogP contribution is -2.25. The van der Waals surface area contributed by atoms with Gasteiger partial charge in [0.2, 0.25) is 0 Å². The van der Waals surface area contributed by atoms with Crippen LogP contribution in [-0.4, -0.2) is 19.0 Å². The van der Waals surface area contributed by atoms with Crippen molar-refractivity contribution in [1.82, 2.24) is 0 Å². The van der Waals surface area contributed by atoms with Gasteiger partial charge in [0.15, 0.2) is 0 Å². The quantitative estimate of drug-likeness (QED) is 0.358. The predicted octanol–water partition coefficient (Wildman–Crippen LogP) is 7.31. The van der Waals surface area contributed by atoms with Gasteiger partial charge in [-0.05, 0) is 73.5 Å². The highest BCUT2D eigenvalue weighted by Gasteiger charge is 2.30. The zero-order valence-electron chi connectivity index (χ0n) is 18.1. The summed E-state index contributed by atoms with van der Waals surface area (Å²) in [6.07, 6.45) is 3.73. The zero-order chi connectivity index (χ0) is 22.7. The van der Waals surface area contributed by atoms with E-state index >= 15 is 0 Å². The number of carbonyl (C=O) groups is 1. The van der Waals surface area contributed by atoms with Gasteiger partial charge in [-0.3, -0.25) is 9.69 Å².